The zero-order valence-corrected chi connectivity index (χ0v) is 15.7. The zero-order valence-electron chi connectivity index (χ0n) is 14.9. The quantitative estimate of drug-likeness (QED) is 0.675. The molecule has 0 aliphatic carbocycles. The molecule has 7 nitrogen and oxygen atoms in total. The number of morpholine rings is 1. The molecule has 1 aromatic carbocycles. The number of halogens is 1. The van der Waals surface area contributed by atoms with E-state index in [1.807, 2.05) is 13.8 Å². The highest BCUT2D eigenvalue weighted by molar-refractivity contribution is 6.33. The molecule has 0 radical (unpaired) electrons. The molecule has 0 bridgehead atoms. The van der Waals surface area contributed by atoms with E-state index < -0.39 is 5.60 Å². The molecular formula is C19H18ClN3O4. The zero-order chi connectivity index (χ0) is 19.2. The third kappa shape index (κ3) is 3.24. The minimum Gasteiger partial charge on any atom is -0.372 e. The molecule has 3 aromatic rings. The van der Waals surface area contributed by atoms with Crippen LogP contribution in [0.25, 0.3) is 16.8 Å². The van der Waals surface area contributed by atoms with Crippen molar-refractivity contribution < 1.29 is 14.1 Å². The van der Waals surface area contributed by atoms with E-state index in [-0.39, 0.29) is 17.2 Å². The number of nitrogens with zero attached hydrogens (tertiary/aromatic N) is 3. The molecule has 1 aliphatic rings. The standard InChI is InChI=1S/C19H18ClN3O4/c1-19(2)11-22(8-9-26-19)17(24)14-10-12(5-6-15(14)20)23-18(25)13-4-3-7-21-16(13)27-23/h3-7,10H,8-9,11H2,1-2H3. The van der Waals surface area contributed by atoms with Gasteiger partial charge in [0.15, 0.2) is 0 Å². The summed E-state index contributed by atoms with van der Waals surface area (Å²) < 4.78 is 12.3. The van der Waals surface area contributed by atoms with Crippen LogP contribution in [0.1, 0.15) is 24.2 Å². The van der Waals surface area contributed by atoms with Crippen molar-refractivity contribution in [1.82, 2.24) is 14.6 Å². The van der Waals surface area contributed by atoms with E-state index in [0.717, 1.165) is 4.74 Å². The first-order valence-electron chi connectivity index (χ1n) is 8.56. The molecule has 1 amide bonds. The van der Waals surface area contributed by atoms with Gasteiger partial charge < -0.3 is 14.2 Å². The molecule has 0 unspecified atom stereocenters. The molecular weight excluding hydrogens is 370 g/mol. The molecule has 0 saturated carbocycles. The molecule has 8 heteroatoms. The molecule has 2 aromatic heterocycles. The number of aromatic nitrogens is 2. The Morgan fingerprint density at radius 3 is 2.85 bits per heavy atom. The molecule has 0 N–H and O–H groups in total. The summed E-state index contributed by atoms with van der Waals surface area (Å²) in [5.41, 5.74) is 0.205. The van der Waals surface area contributed by atoms with Crippen LogP contribution in [0.5, 0.6) is 0 Å². The summed E-state index contributed by atoms with van der Waals surface area (Å²) in [5.74, 6) is -0.208. The number of benzene rings is 1. The Balaban J connectivity index is 1.74. The van der Waals surface area contributed by atoms with Crippen molar-refractivity contribution in [3.63, 3.8) is 0 Å². The number of carbonyl (C=O) groups is 1. The SMILES string of the molecule is CC1(C)CN(C(=O)c2cc(-n3oc4ncccc4c3=O)ccc2Cl)CCO1. The van der Waals surface area contributed by atoms with E-state index in [9.17, 15) is 9.59 Å². The van der Waals surface area contributed by atoms with Crippen LogP contribution in [-0.4, -0.2) is 45.8 Å². The first-order chi connectivity index (χ1) is 12.9. The van der Waals surface area contributed by atoms with Crippen LogP contribution in [0.2, 0.25) is 5.02 Å². The summed E-state index contributed by atoms with van der Waals surface area (Å²) in [6.45, 7) is 5.28. The van der Waals surface area contributed by atoms with Crippen LogP contribution < -0.4 is 5.56 Å². The second-order valence-electron chi connectivity index (χ2n) is 7.05. The van der Waals surface area contributed by atoms with Gasteiger partial charge in [-0.05, 0) is 44.2 Å². The van der Waals surface area contributed by atoms with Crippen LogP contribution in [0, 0.1) is 0 Å². The van der Waals surface area contributed by atoms with Crippen LogP contribution in [0.4, 0.5) is 0 Å². The van der Waals surface area contributed by atoms with Crippen LogP contribution in [-0.2, 0) is 4.74 Å². The van der Waals surface area contributed by atoms with Gasteiger partial charge in [0.05, 0.1) is 28.5 Å². The van der Waals surface area contributed by atoms with Crippen molar-refractivity contribution >= 4 is 28.6 Å². The van der Waals surface area contributed by atoms with Crippen molar-refractivity contribution in [3.05, 3.63) is 57.5 Å². The van der Waals surface area contributed by atoms with Gasteiger partial charge in [-0.15, -0.1) is 4.74 Å². The molecule has 27 heavy (non-hydrogen) atoms. The Morgan fingerprint density at radius 1 is 1.30 bits per heavy atom. The minimum atomic E-state index is -0.417. The predicted molar refractivity (Wildman–Crippen MR) is 101 cm³/mol. The van der Waals surface area contributed by atoms with Gasteiger partial charge >= 0.3 is 0 Å². The average molecular weight is 388 g/mol. The van der Waals surface area contributed by atoms with E-state index in [2.05, 4.69) is 4.98 Å². The summed E-state index contributed by atoms with van der Waals surface area (Å²) in [6.07, 6.45) is 1.55. The van der Waals surface area contributed by atoms with Gasteiger partial charge in [0.25, 0.3) is 17.2 Å². The van der Waals surface area contributed by atoms with Gasteiger partial charge in [0.2, 0.25) is 0 Å². The van der Waals surface area contributed by atoms with E-state index >= 15 is 0 Å². The normalized spacial score (nSPS) is 16.6. The highest BCUT2D eigenvalue weighted by atomic mass is 35.5. The van der Waals surface area contributed by atoms with Crippen LogP contribution in [0.15, 0.2) is 45.8 Å². The molecule has 1 fully saturated rings. The number of fused-ring (bicyclic) bond motifs is 1. The number of ether oxygens (including phenoxy) is 1. The molecule has 140 valence electrons. The van der Waals surface area contributed by atoms with Gasteiger partial charge in [-0.25, -0.2) is 4.98 Å². The number of rotatable bonds is 2. The molecule has 0 atom stereocenters. The Labute approximate surface area is 160 Å². The van der Waals surface area contributed by atoms with Crippen LogP contribution >= 0.6 is 11.6 Å². The molecule has 3 heterocycles. The first kappa shape index (κ1) is 17.8. The Morgan fingerprint density at radius 2 is 2.11 bits per heavy atom. The number of hydrogen-bond donors (Lipinski definition) is 0. The smallest absolute Gasteiger partial charge is 0.296 e. The van der Waals surface area contributed by atoms with Crippen LogP contribution in [0.3, 0.4) is 0 Å². The summed E-state index contributed by atoms with van der Waals surface area (Å²) >= 11 is 6.28. The fourth-order valence-electron chi connectivity index (χ4n) is 3.20. The second-order valence-corrected chi connectivity index (χ2v) is 7.45. The number of pyridine rings is 1. The number of carbonyl (C=O) groups excluding carboxylic acids is 1. The first-order valence-corrected chi connectivity index (χ1v) is 8.94. The average Bonchev–Trinajstić information content (AvgIpc) is 2.98. The lowest BCUT2D eigenvalue weighted by Gasteiger charge is -2.38. The Hall–Kier alpha value is -2.64. The molecule has 1 saturated heterocycles. The molecule has 4 rings (SSSR count). The highest BCUT2D eigenvalue weighted by Gasteiger charge is 2.31. The highest BCUT2D eigenvalue weighted by Crippen LogP contribution is 2.25. The topological polar surface area (TPSA) is 77.6 Å². The van der Waals surface area contributed by atoms with Gasteiger partial charge in [-0.1, -0.05) is 11.6 Å². The fourth-order valence-corrected chi connectivity index (χ4v) is 3.40. The largest absolute Gasteiger partial charge is 0.372 e. The monoisotopic (exact) mass is 387 g/mol. The summed E-state index contributed by atoms with van der Waals surface area (Å²) in [6, 6.07) is 8.09. The van der Waals surface area contributed by atoms with E-state index in [4.69, 9.17) is 20.9 Å². The predicted octanol–water partition coefficient (Wildman–Crippen LogP) is 2.88. The lowest BCUT2D eigenvalue weighted by molar-refractivity contribution is -0.0764. The van der Waals surface area contributed by atoms with Gasteiger partial charge in [-0.2, -0.15) is 0 Å². The Bertz CT molecular complexity index is 1090. The summed E-state index contributed by atoms with van der Waals surface area (Å²) in [7, 11) is 0. The third-order valence-corrected chi connectivity index (χ3v) is 4.82. The number of hydrogen-bond acceptors (Lipinski definition) is 5. The van der Waals surface area contributed by atoms with Crippen molar-refractivity contribution in [2.75, 3.05) is 19.7 Å². The van der Waals surface area contributed by atoms with E-state index in [0.29, 0.717) is 41.4 Å². The van der Waals surface area contributed by atoms with Gasteiger partial charge in [0, 0.05) is 19.3 Å². The number of amides is 1. The maximum atomic E-state index is 13.0. The van der Waals surface area contributed by atoms with Gasteiger partial charge in [0.1, 0.15) is 5.39 Å². The van der Waals surface area contributed by atoms with E-state index in [1.165, 1.54) is 0 Å². The lowest BCUT2D eigenvalue weighted by atomic mass is 10.1. The Kier molecular flexibility index (Phi) is 4.28. The maximum absolute atomic E-state index is 13.0. The third-order valence-electron chi connectivity index (χ3n) is 4.49. The van der Waals surface area contributed by atoms with Gasteiger partial charge in [-0.3, -0.25) is 9.59 Å². The molecule has 0 spiro atoms. The lowest BCUT2D eigenvalue weighted by Crippen LogP contribution is -2.50. The second kappa shape index (κ2) is 6.51. The maximum Gasteiger partial charge on any atom is 0.296 e. The van der Waals surface area contributed by atoms with Crippen molar-refractivity contribution in [2.24, 2.45) is 0 Å². The minimum absolute atomic E-state index is 0.208. The summed E-state index contributed by atoms with van der Waals surface area (Å²) in [5, 5.41) is 0.686. The fraction of sp³-hybridized carbons (Fsp3) is 0.316. The van der Waals surface area contributed by atoms with Crippen molar-refractivity contribution in [3.8, 4) is 5.69 Å². The van der Waals surface area contributed by atoms with Crippen molar-refractivity contribution in [2.45, 2.75) is 19.4 Å². The van der Waals surface area contributed by atoms with Crippen molar-refractivity contribution in [1.29, 1.82) is 0 Å². The molecule has 1 aliphatic heterocycles. The van der Waals surface area contributed by atoms with E-state index in [1.54, 1.807) is 41.4 Å². The summed E-state index contributed by atoms with van der Waals surface area (Å²) in [4.78, 5) is 31.3.